The zero-order valence-corrected chi connectivity index (χ0v) is 12.2. The fourth-order valence-corrected chi connectivity index (χ4v) is 3.06. The average molecular weight is 270 g/mol. The molecule has 0 saturated heterocycles. The van der Waals surface area contributed by atoms with Crippen molar-refractivity contribution >= 4 is 16.6 Å². The van der Waals surface area contributed by atoms with Crippen molar-refractivity contribution in [3.05, 3.63) is 30.5 Å². The summed E-state index contributed by atoms with van der Waals surface area (Å²) in [7, 11) is 0. The number of hydrogen-bond acceptors (Lipinski definition) is 3. The molecule has 3 heteroatoms. The molecule has 20 heavy (non-hydrogen) atoms. The number of nitrogens with zero attached hydrogens (tertiary/aromatic N) is 1. The minimum absolute atomic E-state index is 0.313. The number of fused-ring (bicyclic) bond motifs is 1. The Morgan fingerprint density at radius 1 is 1.15 bits per heavy atom. The number of hydrogen-bond donors (Lipinski definition) is 1. The Morgan fingerprint density at radius 3 is 2.80 bits per heavy atom. The quantitative estimate of drug-likeness (QED) is 0.838. The van der Waals surface area contributed by atoms with Crippen LogP contribution >= 0.6 is 0 Å². The van der Waals surface area contributed by atoms with Crippen molar-refractivity contribution < 1.29 is 4.74 Å². The van der Waals surface area contributed by atoms with Crippen LogP contribution in [0.2, 0.25) is 0 Å². The number of ether oxygens (including phenoxy) is 1. The average Bonchev–Trinajstić information content (AvgIpc) is 2.44. The molecule has 1 aliphatic carbocycles. The Balaban J connectivity index is 1.86. The molecular formula is C17H22N2O. The SMILES string of the molecule is CC1CCC(Oc2ccnc3c(N)cccc23)CC1C. The van der Waals surface area contributed by atoms with Crippen LogP contribution in [0.1, 0.15) is 33.1 Å². The van der Waals surface area contributed by atoms with Gasteiger partial charge in [0.15, 0.2) is 0 Å². The van der Waals surface area contributed by atoms with Gasteiger partial charge >= 0.3 is 0 Å². The molecule has 3 atom stereocenters. The molecule has 0 amide bonds. The Morgan fingerprint density at radius 2 is 2.00 bits per heavy atom. The maximum Gasteiger partial charge on any atom is 0.130 e. The fraction of sp³-hybridized carbons (Fsp3) is 0.471. The lowest BCUT2D eigenvalue weighted by molar-refractivity contribution is 0.102. The Labute approximate surface area is 120 Å². The van der Waals surface area contributed by atoms with Gasteiger partial charge in [0, 0.05) is 11.6 Å². The second-order valence-corrected chi connectivity index (χ2v) is 6.06. The third kappa shape index (κ3) is 2.45. The van der Waals surface area contributed by atoms with Gasteiger partial charge in [-0.15, -0.1) is 0 Å². The van der Waals surface area contributed by atoms with Crippen molar-refractivity contribution in [2.24, 2.45) is 11.8 Å². The van der Waals surface area contributed by atoms with Crippen molar-refractivity contribution in [2.45, 2.75) is 39.2 Å². The Bertz CT molecular complexity index is 611. The zero-order chi connectivity index (χ0) is 14.1. The summed E-state index contributed by atoms with van der Waals surface area (Å²) >= 11 is 0. The summed E-state index contributed by atoms with van der Waals surface area (Å²) < 4.78 is 6.25. The number of rotatable bonds is 2. The third-order valence-electron chi connectivity index (χ3n) is 4.61. The molecule has 1 saturated carbocycles. The molecule has 3 unspecified atom stereocenters. The number of anilines is 1. The lowest BCUT2D eigenvalue weighted by Crippen LogP contribution is -2.28. The molecule has 3 rings (SSSR count). The van der Waals surface area contributed by atoms with Gasteiger partial charge in [-0.25, -0.2) is 0 Å². The minimum atomic E-state index is 0.313. The monoisotopic (exact) mass is 270 g/mol. The van der Waals surface area contributed by atoms with Gasteiger partial charge in [-0.05, 0) is 49.3 Å². The molecule has 2 aromatic rings. The first-order valence-electron chi connectivity index (χ1n) is 7.45. The van der Waals surface area contributed by atoms with Gasteiger partial charge in [-0.3, -0.25) is 4.98 Å². The van der Waals surface area contributed by atoms with E-state index in [0.717, 1.165) is 41.3 Å². The highest BCUT2D eigenvalue weighted by Gasteiger charge is 2.26. The number of nitrogens with two attached hydrogens (primary N) is 1. The van der Waals surface area contributed by atoms with Gasteiger partial charge in [0.05, 0.1) is 17.3 Å². The summed E-state index contributed by atoms with van der Waals surface area (Å²) in [6.07, 6.45) is 5.61. The molecule has 106 valence electrons. The zero-order valence-electron chi connectivity index (χ0n) is 12.2. The standard InChI is InChI=1S/C17H22N2O/c1-11-6-7-13(10-12(11)2)20-16-8-9-19-17-14(16)4-3-5-15(17)18/h3-5,8-9,11-13H,6-7,10,18H2,1-2H3. The summed E-state index contributed by atoms with van der Waals surface area (Å²) in [4.78, 5) is 4.36. The summed E-state index contributed by atoms with van der Waals surface area (Å²) in [6.45, 7) is 4.66. The highest BCUT2D eigenvalue weighted by atomic mass is 16.5. The van der Waals surface area contributed by atoms with E-state index in [1.54, 1.807) is 6.20 Å². The van der Waals surface area contributed by atoms with Crippen molar-refractivity contribution in [1.29, 1.82) is 0 Å². The van der Waals surface area contributed by atoms with E-state index in [0.29, 0.717) is 11.8 Å². The first kappa shape index (κ1) is 13.2. The molecule has 1 aromatic carbocycles. The third-order valence-corrected chi connectivity index (χ3v) is 4.61. The summed E-state index contributed by atoms with van der Waals surface area (Å²) in [5, 5.41) is 1.01. The van der Waals surface area contributed by atoms with E-state index < -0.39 is 0 Å². The molecule has 1 aliphatic rings. The Kier molecular flexibility index (Phi) is 3.51. The van der Waals surface area contributed by atoms with Crippen LogP contribution < -0.4 is 10.5 Å². The van der Waals surface area contributed by atoms with Crippen LogP contribution in [0.25, 0.3) is 10.9 Å². The molecule has 0 spiro atoms. The van der Waals surface area contributed by atoms with Crippen LogP contribution in [0.3, 0.4) is 0 Å². The van der Waals surface area contributed by atoms with E-state index in [-0.39, 0.29) is 0 Å². The van der Waals surface area contributed by atoms with Crippen LogP contribution in [0, 0.1) is 11.8 Å². The van der Waals surface area contributed by atoms with Gasteiger partial charge in [0.1, 0.15) is 5.75 Å². The summed E-state index contributed by atoms with van der Waals surface area (Å²) in [6, 6.07) is 7.81. The number of benzene rings is 1. The van der Waals surface area contributed by atoms with Crippen LogP contribution in [0.5, 0.6) is 5.75 Å². The summed E-state index contributed by atoms with van der Waals surface area (Å²) in [5.74, 6) is 2.45. The number of aromatic nitrogens is 1. The van der Waals surface area contributed by atoms with Crippen molar-refractivity contribution in [3.63, 3.8) is 0 Å². The fourth-order valence-electron chi connectivity index (χ4n) is 3.06. The molecule has 3 nitrogen and oxygen atoms in total. The van der Waals surface area contributed by atoms with E-state index in [4.69, 9.17) is 10.5 Å². The highest BCUT2D eigenvalue weighted by Crippen LogP contribution is 2.34. The van der Waals surface area contributed by atoms with Gasteiger partial charge in [0.25, 0.3) is 0 Å². The number of para-hydroxylation sites is 1. The number of pyridine rings is 1. The van der Waals surface area contributed by atoms with Gasteiger partial charge < -0.3 is 10.5 Å². The maximum absolute atomic E-state index is 6.25. The second-order valence-electron chi connectivity index (χ2n) is 6.06. The topological polar surface area (TPSA) is 48.1 Å². The molecule has 2 N–H and O–H groups in total. The van der Waals surface area contributed by atoms with Crippen molar-refractivity contribution in [1.82, 2.24) is 4.98 Å². The van der Waals surface area contributed by atoms with Crippen LogP contribution in [0.4, 0.5) is 5.69 Å². The Hall–Kier alpha value is -1.77. The molecule has 0 bridgehead atoms. The molecule has 1 fully saturated rings. The predicted molar refractivity (Wildman–Crippen MR) is 82.8 cm³/mol. The minimum Gasteiger partial charge on any atom is -0.490 e. The maximum atomic E-state index is 6.25. The van der Waals surface area contributed by atoms with Gasteiger partial charge in [-0.1, -0.05) is 19.9 Å². The first-order chi connectivity index (χ1) is 9.65. The smallest absolute Gasteiger partial charge is 0.130 e. The molecule has 1 heterocycles. The lowest BCUT2D eigenvalue weighted by Gasteiger charge is -2.32. The molecule has 0 aliphatic heterocycles. The van der Waals surface area contributed by atoms with Crippen molar-refractivity contribution in [2.75, 3.05) is 5.73 Å². The highest BCUT2D eigenvalue weighted by molar-refractivity contribution is 5.93. The van der Waals surface area contributed by atoms with Crippen molar-refractivity contribution in [3.8, 4) is 5.75 Å². The van der Waals surface area contributed by atoms with E-state index >= 15 is 0 Å². The molecule has 1 aromatic heterocycles. The van der Waals surface area contributed by atoms with E-state index in [2.05, 4.69) is 18.8 Å². The normalized spacial score (nSPS) is 26.6. The van der Waals surface area contributed by atoms with E-state index in [1.807, 2.05) is 24.3 Å². The predicted octanol–water partition coefficient (Wildman–Crippen LogP) is 4.02. The van der Waals surface area contributed by atoms with E-state index in [1.165, 1.54) is 6.42 Å². The summed E-state index contributed by atoms with van der Waals surface area (Å²) in [5.41, 5.74) is 7.52. The second kappa shape index (κ2) is 5.31. The molecular weight excluding hydrogens is 248 g/mol. The van der Waals surface area contributed by atoms with Gasteiger partial charge in [-0.2, -0.15) is 0 Å². The van der Waals surface area contributed by atoms with Crippen LogP contribution in [0.15, 0.2) is 30.5 Å². The van der Waals surface area contributed by atoms with Gasteiger partial charge in [0.2, 0.25) is 0 Å². The first-order valence-corrected chi connectivity index (χ1v) is 7.45. The van der Waals surface area contributed by atoms with E-state index in [9.17, 15) is 0 Å². The lowest BCUT2D eigenvalue weighted by atomic mass is 9.80. The largest absolute Gasteiger partial charge is 0.490 e. The van der Waals surface area contributed by atoms with Crippen LogP contribution in [-0.4, -0.2) is 11.1 Å². The van der Waals surface area contributed by atoms with Crippen LogP contribution in [-0.2, 0) is 0 Å². The molecule has 0 radical (unpaired) electrons. The number of nitrogen functional groups attached to an aromatic ring is 1.